The topological polar surface area (TPSA) is 66.7 Å². The molecule has 0 atom stereocenters. The lowest BCUT2D eigenvalue weighted by Crippen LogP contribution is -2.18. The third kappa shape index (κ3) is 3.31. The van der Waals surface area contributed by atoms with Gasteiger partial charge in [0, 0.05) is 43.6 Å². The van der Waals surface area contributed by atoms with E-state index in [-0.39, 0.29) is 11.5 Å². The van der Waals surface area contributed by atoms with Crippen molar-refractivity contribution in [2.45, 2.75) is 13.3 Å². The van der Waals surface area contributed by atoms with Gasteiger partial charge in [0.05, 0.1) is 11.4 Å². The summed E-state index contributed by atoms with van der Waals surface area (Å²) in [7, 11) is 1.64. The standard InChI is InChI=1S/C17H18N4O2/c1-12-9-10-21(19-12)15-6-3-13(4-7-15)17(23)18-14-5-8-16(22)20(2)11-14/h3-8,11H,9-10H2,1-2H3,(H,18,23). The van der Waals surface area contributed by atoms with Crippen molar-refractivity contribution in [3.05, 3.63) is 58.5 Å². The van der Waals surface area contributed by atoms with Crippen LogP contribution in [0.1, 0.15) is 23.7 Å². The number of anilines is 2. The summed E-state index contributed by atoms with van der Waals surface area (Å²) in [6, 6.07) is 10.3. The summed E-state index contributed by atoms with van der Waals surface area (Å²) in [6.07, 6.45) is 2.56. The maximum atomic E-state index is 12.3. The number of nitrogens with zero attached hydrogens (tertiary/aromatic N) is 3. The number of hydrogen-bond acceptors (Lipinski definition) is 4. The van der Waals surface area contributed by atoms with Gasteiger partial charge in [-0.1, -0.05) is 0 Å². The second kappa shape index (κ2) is 6.08. The minimum Gasteiger partial charge on any atom is -0.321 e. The first-order valence-corrected chi connectivity index (χ1v) is 7.42. The van der Waals surface area contributed by atoms with Gasteiger partial charge in [0.15, 0.2) is 0 Å². The number of carbonyl (C=O) groups excluding carboxylic acids is 1. The first-order valence-electron chi connectivity index (χ1n) is 7.42. The smallest absolute Gasteiger partial charge is 0.255 e. The van der Waals surface area contributed by atoms with Crippen molar-refractivity contribution in [2.75, 3.05) is 16.9 Å². The molecule has 1 aromatic heterocycles. The molecule has 23 heavy (non-hydrogen) atoms. The van der Waals surface area contributed by atoms with E-state index in [1.165, 1.54) is 10.6 Å². The molecule has 0 radical (unpaired) electrons. The molecule has 3 rings (SSSR count). The van der Waals surface area contributed by atoms with Crippen LogP contribution in [0.3, 0.4) is 0 Å². The average molecular weight is 310 g/mol. The Hall–Kier alpha value is -2.89. The molecule has 0 fully saturated rings. The minimum atomic E-state index is -0.212. The van der Waals surface area contributed by atoms with Crippen LogP contribution >= 0.6 is 0 Å². The van der Waals surface area contributed by atoms with E-state index >= 15 is 0 Å². The third-order valence-corrected chi connectivity index (χ3v) is 3.75. The highest BCUT2D eigenvalue weighted by Crippen LogP contribution is 2.20. The molecule has 0 unspecified atom stereocenters. The lowest BCUT2D eigenvalue weighted by atomic mass is 10.2. The summed E-state index contributed by atoms with van der Waals surface area (Å²) < 4.78 is 1.42. The van der Waals surface area contributed by atoms with Crippen LogP contribution in [0.2, 0.25) is 0 Å². The molecule has 0 aliphatic carbocycles. The summed E-state index contributed by atoms with van der Waals surface area (Å²) >= 11 is 0. The predicted molar refractivity (Wildman–Crippen MR) is 91.2 cm³/mol. The van der Waals surface area contributed by atoms with Gasteiger partial charge >= 0.3 is 0 Å². The van der Waals surface area contributed by atoms with Crippen LogP contribution in [0.25, 0.3) is 0 Å². The van der Waals surface area contributed by atoms with E-state index in [1.807, 2.05) is 24.1 Å². The minimum absolute atomic E-state index is 0.117. The highest BCUT2D eigenvalue weighted by atomic mass is 16.1. The number of benzene rings is 1. The Bertz CT molecular complexity index is 821. The first kappa shape index (κ1) is 15.0. The van der Waals surface area contributed by atoms with Crippen LogP contribution in [0.15, 0.2) is 52.5 Å². The van der Waals surface area contributed by atoms with Crippen molar-refractivity contribution in [1.82, 2.24) is 4.57 Å². The van der Waals surface area contributed by atoms with Crippen LogP contribution in [0.5, 0.6) is 0 Å². The Balaban J connectivity index is 1.72. The summed E-state index contributed by atoms with van der Waals surface area (Å²) in [5.74, 6) is -0.212. The molecule has 118 valence electrons. The Kier molecular flexibility index (Phi) is 3.97. The molecule has 2 aromatic rings. The Morgan fingerprint density at radius 2 is 1.91 bits per heavy atom. The first-order chi connectivity index (χ1) is 11.0. The van der Waals surface area contributed by atoms with E-state index in [0.29, 0.717) is 11.3 Å². The van der Waals surface area contributed by atoms with E-state index in [1.54, 1.807) is 31.4 Å². The Morgan fingerprint density at radius 1 is 1.17 bits per heavy atom. The van der Waals surface area contributed by atoms with Gasteiger partial charge in [-0.15, -0.1) is 0 Å². The molecule has 1 N–H and O–H groups in total. The molecule has 0 bridgehead atoms. The van der Waals surface area contributed by atoms with Crippen LogP contribution in [-0.4, -0.2) is 22.7 Å². The zero-order valence-corrected chi connectivity index (χ0v) is 13.1. The van der Waals surface area contributed by atoms with E-state index in [2.05, 4.69) is 10.4 Å². The zero-order chi connectivity index (χ0) is 16.4. The number of carbonyl (C=O) groups is 1. The van der Waals surface area contributed by atoms with Crippen molar-refractivity contribution in [2.24, 2.45) is 12.1 Å². The lowest BCUT2D eigenvalue weighted by molar-refractivity contribution is 0.102. The fraction of sp³-hybridized carbons (Fsp3) is 0.235. The summed E-state index contributed by atoms with van der Waals surface area (Å²) in [5, 5.41) is 9.15. The van der Waals surface area contributed by atoms with Gasteiger partial charge in [0.25, 0.3) is 5.91 Å². The third-order valence-electron chi connectivity index (χ3n) is 3.75. The number of nitrogens with one attached hydrogen (secondary N) is 1. The molecular formula is C17H18N4O2. The van der Waals surface area contributed by atoms with Gasteiger partial charge in [0.1, 0.15) is 0 Å². The predicted octanol–water partition coefficient (Wildman–Crippen LogP) is 2.22. The van der Waals surface area contributed by atoms with Crippen LogP contribution < -0.4 is 15.9 Å². The number of hydrazone groups is 1. The molecule has 0 saturated carbocycles. The molecule has 2 heterocycles. The molecule has 1 aliphatic heterocycles. The highest BCUT2D eigenvalue weighted by molar-refractivity contribution is 6.04. The van der Waals surface area contributed by atoms with E-state index in [0.717, 1.165) is 24.4 Å². The van der Waals surface area contributed by atoms with Crippen LogP contribution in [-0.2, 0) is 7.05 Å². The number of amides is 1. The number of hydrogen-bond donors (Lipinski definition) is 1. The van der Waals surface area contributed by atoms with E-state index in [4.69, 9.17) is 0 Å². The fourth-order valence-corrected chi connectivity index (χ4v) is 2.42. The molecule has 0 spiro atoms. The van der Waals surface area contributed by atoms with Gasteiger partial charge in [-0.05, 0) is 37.3 Å². The molecule has 1 aliphatic rings. The molecule has 6 heteroatoms. The maximum Gasteiger partial charge on any atom is 0.255 e. The zero-order valence-electron chi connectivity index (χ0n) is 13.1. The number of rotatable bonds is 3. The number of aryl methyl sites for hydroxylation is 1. The average Bonchev–Trinajstić information content (AvgIpc) is 2.97. The largest absolute Gasteiger partial charge is 0.321 e. The van der Waals surface area contributed by atoms with Crippen molar-refractivity contribution in [3.8, 4) is 0 Å². The summed E-state index contributed by atoms with van der Waals surface area (Å²) in [4.78, 5) is 23.6. The molecule has 0 saturated heterocycles. The lowest BCUT2D eigenvalue weighted by Gasteiger charge is -2.14. The van der Waals surface area contributed by atoms with Gasteiger partial charge < -0.3 is 9.88 Å². The molecule has 1 aromatic carbocycles. The van der Waals surface area contributed by atoms with Crippen LogP contribution in [0.4, 0.5) is 11.4 Å². The SMILES string of the molecule is CC1=NN(c2ccc(C(=O)Nc3ccc(=O)n(C)c3)cc2)CC1. The maximum absolute atomic E-state index is 12.3. The second-order valence-electron chi connectivity index (χ2n) is 5.58. The molecule has 6 nitrogen and oxygen atoms in total. The quantitative estimate of drug-likeness (QED) is 0.945. The van der Waals surface area contributed by atoms with Crippen molar-refractivity contribution in [3.63, 3.8) is 0 Å². The van der Waals surface area contributed by atoms with Gasteiger partial charge in [-0.3, -0.25) is 14.6 Å². The van der Waals surface area contributed by atoms with Gasteiger partial charge in [0.2, 0.25) is 5.56 Å². The van der Waals surface area contributed by atoms with Crippen molar-refractivity contribution >= 4 is 23.0 Å². The van der Waals surface area contributed by atoms with Crippen LogP contribution in [0, 0.1) is 0 Å². The highest BCUT2D eigenvalue weighted by Gasteiger charge is 2.13. The van der Waals surface area contributed by atoms with Gasteiger partial charge in [-0.25, -0.2) is 0 Å². The monoisotopic (exact) mass is 310 g/mol. The summed E-state index contributed by atoms with van der Waals surface area (Å²) in [5.41, 5.74) is 3.11. The van der Waals surface area contributed by atoms with E-state index in [9.17, 15) is 9.59 Å². The fourth-order valence-electron chi connectivity index (χ4n) is 2.42. The number of pyridine rings is 1. The number of aromatic nitrogens is 1. The van der Waals surface area contributed by atoms with Gasteiger partial charge in [-0.2, -0.15) is 5.10 Å². The molecular weight excluding hydrogens is 292 g/mol. The second-order valence-corrected chi connectivity index (χ2v) is 5.58. The Labute approximate surface area is 134 Å². The Morgan fingerprint density at radius 3 is 2.52 bits per heavy atom. The summed E-state index contributed by atoms with van der Waals surface area (Å²) in [6.45, 7) is 2.88. The molecule has 1 amide bonds. The van der Waals surface area contributed by atoms with E-state index < -0.39 is 0 Å². The van der Waals surface area contributed by atoms with Crippen molar-refractivity contribution < 1.29 is 4.79 Å². The normalized spacial score (nSPS) is 13.8. The van der Waals surface area contributed by atoms with Crippen molar-refractivity contribution in [1.29, 1.82) is 0 Å².